The number of hydrogen-bond acceptors (Lipinski definition) is 2. The Morgan fingerprint density at radius 2 is 1.18 bits per heavy atom. The monoisotopic (exact) mass is 236 g/mol. The summed E-state index contributed by atoms with van der Waals surface area (Å²) in [7, 11) is 0. The van der Waals surface area contributed by atoms with Crippen molar-refractivity contribution in [3.05, 3.63) is 0 Å². The zero-order valence-electron chi connectivity index (χ0n) is 11.2. The van der Waals surface area contributed by atoms with E-state index in [1.807, 2.05) is 0 Å². The lowest BCUT2D eigenvalue weighted by molar-refractivity contribution is 0.0238. The van der Waals surface area contributed by atoms with Crippen LogP contribution in [-0.2, 0) is 0 Å². The summed E-state index contributed by atoms with van der Waals surface area (Å²) in [5.41, 5.74) is 0. The summed E-state index contributed by atoms with van der Waals surface area (Å²) in [6.07, 6.45) is 13.3. The molecule has 0 aromatic rings. The number of piperazine rings is 1. The molecule has 98 valence electrons. The van der Waals surface area contributed by atoms with Gasteiger partial charge in [-0.3, -0.25) is 9.80 Å². The molecule has 1 saturated carbocycles. The zero-order valence-corrected chi connectivity index (χ0v) is 11.2. The summed E-state index contributed by atoms with van der Waals surface area (Å²) in [5.74, 6) is 0. The minimum atomic E-state index is 0.903. The topological polar surface area (TPSA) is 6.48 Å². The number of piperidine rings is 1. The third kappa shape index (κ3) is 2.85. The number of rotatable bonds is 1. The molecule has 2 nitrogen and oxygen atoms in total. The smallest absolute Gasteiger partial charge is 0.0223 e. The highest BCUT2D eigenvalue weighted by atomic mass is 15.3. The molecule has 2 aliphatic heterocycles. The van der Waals surface area contributed by atoms with Gasteiger partial charge in [-0.1, -0.05) is 32.1 Å². The van der Waals surface area contributed by atoms with E-state index in [0.717, 1.165) is 12.1 Å². The Bertz CT molecular complexity index is 233. The van der Waals surface area contributed by atoms with E-state index in [1.54, 1.807) is 0 Å². The molecule has 0 bridgehead atoms. The van der Waals surface area contributed by atoms with E-state index in [2.05, 4.69) is 9.80 Å². The van der Waals surface area contributed by atoms with Crippen LogP contribution in [0.15, 0.2) is 0 Å². The molecular weight excluding hydrogens is 208 g/mol. The van der Waals surface area contributed by atoms with E-state index in [0.29, 0.717) is 0 Å². The fourth-order valence-corrected chi connectivity index (χ4v) is 4.13. The first kappa shape index (κ1) is 12.0. The van der Waals surface area contributed by atoms with Crippen LogP contribution in [-0.4, -0.2) is 48.1 Å². The molecule has 3 aliphatic rings. The van der Waals surface area contributed by atoms with Gasteiger partial charge in [0.05, 0.1) is 0 Å². The molecule has 0 radical (unpaired) electrons. The minimum Gasteiger partial charge on any atom is -0.298 e. The maximum absolute atomic E-state index is 2.85. The van der Waals surface area contributed by atoms with E-state index in [9.17, 15) is 0 Å². The Balaban J connectivity index is 1.57. The van der Waals surface area contributed by atoms with Gasteiger partial charge in [0, 0.05) is 31.7 Å². The van der Waals surface area contributed by atoms with Crippen molar-refractivity contribution >= 4 is 0 Å². The van der Waals surface area contributed by atoms with Crippen molar-refractivity contribution < 1.29 is 0 Å². The predicted octanol–water partition coefficient (Wildman–Crippen LogP) is 2.88. The van der Waals surface area contributed by atoms with Gasteiger partial charge in [-0.2, -0.15) is 0 Å². The Kier molecular flexibility index (Phi) is 4.02. The summed E-state index contributed by atoms with van der Waals surface area (Å²) >= 11 is 0. The van der Waals surface area contributed by atoms with Gasteiger partial charge in [-0.05, 0) is 32.2 Å². The molecule has 2 heteroatoms. The molecule has 1 aliphatic carbocycles. The van der Waals surface area contributed by atoms with E-state index in [1.165, 1.54) is 84.0 Å². The highest BCUT2D eigenvalue weighted by molar-refractivity contribution is 4.88. The Morgan fingerprint density at radius 3 is 2.00 bits per heavy atom. The van der Waals surface area contributed by atoms with Crippen LogP contribution >= 0.6 is 0 Å². The predicted molar refractivity (Wildman–Crippen MR) is 72.3 cm³/mol. The van der Waals surface area contributed by atoms with Crippen molar-refractivity contribution in [3.8, 4) is 0 Å². The molecule has 3 rings (SSSR count). The molecule has 2 heterocycles. The van der Waals surface area contributed by atoms with Crippen LogP contribution in [0.5, 0.6) is 0 Å². The van der Waals surface area contributed by atoms with Gasteiger partial charge >= 0.3 is 0 Å². The summed E-state index contributed by atoms with van der Waals surface area (Å²) in [6.45, 7) is 5.45. The Morgan fingerprint density at radius 1 is 0.529 bits per heavy atom. The maximum Gasteiger partial charge on any atom is 0.0223 e. The molecular formula is C15H28N2. The van der Waals surface area contributed by atoms with E-state index < -0.39 is 0 Å². The summed E-state index contributed by atoms with van der Waals surface area (Å²) in [5, 5.41) is 0. The van der Waals surface area contributed by atoms with E-state index in [4.69, 9.17) is 0 Å². The van der Waals surface area contributed by atoms with Gasteiger partial charge in [-0.15, -0.1) is 0 Å². The largest absolute Gasteiger partial charge is 0.298 e. The highest BCUT2D eigenvalue weighted by Crippen LogP contribution is 2.27. The Hall–Kier alpha value is -0.0800. The fourth-order valence-electron chi connectivity index (χ4n) is 4.13. The standard InChI is InChI=1S/C15H28N2/c1-2-4-8-14(7-3-1)17-12-11-16-10-6-5-9-15(16)13-17/h14-15H,1-13H2. The Labute approximate surface area is 106 Å². The maximum atomic E-state index is 2.85. The second-order valence-electron chi connectivity index (χ2n) is 6.33. The first-order valence-electron chi connectivity index (χ1n) is 7.91. The lowest BCUT2D eigenvalue weighted by Crippen LogP contribution is -2.57. The van der Waals surface area contributed by atoms with Gasteiger partial charge < -0.3 is 0 Å². The zero-order chi connectivity index (χ0) is 11.5. The molecule has 17 heavy (non-hydrogen) atoms. The lowest BCUT2D eigenvalue weighted by atomic mass is 9.97. The molecule has 0 aromatic heterocycles. The fraction of sp³-hybridized carbons (Fsp3) is 1.00. The van der Waals surface area contributed by atoms with Crippen LogP contribution in [0.4, 0.5) is 0 Å². The van der Waals surface area contributed by atoms with Crippen LogP contribution in [0.25, 0.3) is 0 Å². The molecule has 1 unspecified atom stereocenters. The molecule has 1 atom stereocenters. The van der Waals surface area contributed by atoms with Crippen LogP contribution in [0.1, 0.15) is 57.8 Å². The number of hydrogen-bond donors (Lipinski definition) is 0. The first-order chi connectivity index (χ1) is 8.43. The first-order valence-corrected chi connectivity index (χ1v) is 7.91. The van der Waals surface area contributed by atoms with Gasteiger partial charge in [-0.25, -0.2) is 0 Å². The summed E-state index contributed by atoms with van der Waals surface area (Å²) in [6, 6.07) is 1.84. The lowest BCUT2D eigenvalue weighted by Gasteiger charge is -2.46. The van der Waals surface area contributed by atoms with Gasteiger partial charge in [0.2, 0.25) is 0 Å². The normalized spacial score (nSPS) is 34.2. The van der Waals surface area contributed by atoms with Gasteiger partial charge in [0.25, 0.3) is 0 Å². The second-order valence-corrected chi connectivity index (χ2v) is 6.33. The third-order valence-corrected chi connectivity index (χ3v) is 5.21. The summed E-state index contributed by atoms with van der Waals surface area (Å²) in [4.78, 5) is 5.61. The van der Waals surface area contributed by atoms with Crippen molar-refractivity contribution in [2.75, 3.05) is 26.2 Å². The third-order valence-electron chi connectivity index (χ3n) is 5.21. The number of fused-ring (bicyclic) bond motifs is 1. The van der Waals surface area contributed by atoms with Crippen LogP contribution < -0.4 is 0 Å². The highest BCUT2D eigenvalue weighted by Gasteiger charge is 2.31. The average Bonchev–Trinajstić information content (AvgIpc) is 2.67. The van der Waals surface area contributed by atoms with Crippen molar-refractivity contribution in [2.24, 2.45) is 0 Å². The van der Waals surface area contributed by atoms with Gasteiger partial charge in [0.1, 0.15) is 0 Å². The second kappa shape index (κ2) is 5.71. The average molecular weight is 236 g/mol. The van der Waals surface area contributed by atoms with Gasteiger partial charge in [0.15, 0.2) is 0 Å². The molecule has 0 amide bonds. The quantitative estimate of drug-likeness (QED) is 0.646. The van der Waals surface area contributed by atoms with Crippen molar-refractivity contribution in [1.82, 2.24) is 9.80 Å². The molecule has 0 N–H and O–H groups in total. The van der Waals surface area contributed by atoms with Crippen molar-refractivity contribution in [2.45, 2.75) is 69.9 Å². The van der Waals surface area contributed by atoms with Crippen molar-refractivity contribution in [1.29, 1.82) is 0 Å². The van der Waals surface area contributed by atoms with Crippen molar-refractivity contribution in [3.63, 3.8) is 0 Å². The van der Waals surface area contributed by atoms with Crippen LogP contribution in [0, 0.1) is 0 Å². The van der Waals surface area contributed by atoms with Crippen LogP contribution in [0.2, 0.25) is 0 Å². The SMILES string of the molecule is C1CCCC(N2CCN3CCCCC3C2)CC1. The van der Waals surface area contributed by atoms with E-state index >= 15 is 0 Å². The number of nitrogens with zero attached hydrogens (tertiary/aromatic N) is 2. The minimum absolute atomic E-state index is 0.903. The molecule has 0 spiro atoms. The molecule has 2 saturated heterocycles. The molecule has 3 fully saturated rings. The van der Waals surface area contributed by atoms with E-state index in [-0.39, 0.29) is 0 Å². The molecule has 0 aromatic carbocycles. The van der Waals surface area contributed by atoms with Crippen LogP contribution in [0.3, 0.4) is 0 Å². The summed E-state index contributed by atoms with van der Waals surface area (Å²) < 4.78 is 0.